The van der Waals surface area contributed by atoms with Gasteiger partial charge in [-0.1, -0.05) is 72.8 Å². The molecule has 4 aliphatic heterocycles. The van der Waals surface area contributed by atoms with Crippen LogP contribution in [0.15, 0.2) is 127 Å². The van der Waals surface area contributed by atoms with Gasteiger partial charge in [0, 0.05) is 15.9 Å². The van der Waals surface area contributed by atoms with Gasteiger partial charge in [-0.3, -0.25) is 15.0 Å². The summed E-state index contributed by atoms with van der Waals surface area (Å²) in [6.07, 6.45) is 0. The second-order valence-electron chi connectivity index (χ2n) is 11.2. The molecule has 5 heteroatoms. The topological polar surface area (TPSA) is 55.7 Å². The Labute approximate surface area is 238 Å². The molecule has 0 amide bonds. The first kappa shape index (κ1) is 23.1. The Bertz CT molecular complexity index is 1790. The van der Waals surface area contributed by atoms with Gasteiger partial charge in [-0.05, 0) is 71.3 Å². The summed E-state index contributed by atoms with van der Waals surface area (Å²) in [5, 5.41) is 2.47. The first-order valence-corrected chi connectivity index (χ1v) is 15.7. The third-order valence-electron chi connectivity index (χ3n) is 8.85. The lowest BCUT2D eigenvalue weighted by Gasteiger charge is -2.29. The van der Waals surface area contributed by atoms with Gasteiger partial charge in [0.25, 0.3) is 0 Å². The standard InChI is InChI=1S/C36H24N3OP/c40-41-25-10-1-7-22(19-25)34-28-13-4-15-30(37-28)35(23-8-2-11-26(41)20-23)32-17-6-18-33(39-32)36(24-9-3-12-27(41)21-24)31-16-5-14-29(34)38-31/h1-21,34-36H. The van der Waals surface area contributed by atoms with Crippen molar-refractivity contribution >= 4 is 23.1 Å². The van der Waals surface area contributed by atoms with Gasteiger partial charge in [0.2, 0.25) is 0 Å². The molecular formula is C36H24N3OP. The van der Waals surface area contributed by atoms with Gasteiger partial charge in [0.05, 0.1) is 51.9 Å². The minimum absolute atomic E-state index is 0.217. The maximum atomic E-state index is 15.8. The molecule has 0 saturated carbocycles. The van der Waals surface area contributed by atoms with E-state index in [1.807, 2.05) is 36.4 Å². The van der Waals surface area contributed by atoms with Crippen LogP contribution in [0.1, 0.15) is 68.6 Å². The average molecular weight is 546 g/mol. The molecule has 41 heavy (non-hydrogen) atoms. The van der Waals surface area contributed by atoms with Gasteiger partial charge in [-0.2, -0.15) is 0 Å². The van der Waals surface area contributed by atoms with Crippen molar-refractivity contribution in [2.45, 2.75) is 17.8 Å². The maximum Gasteiger partial charge on any atom is 0.171 e. The second kappa shape index (κ2) is 8.42. The SMILES string of the molecule is O=P12c3cccc(c3)C3c4cccc(n4)C(c4cccc1c4)c1cccc(n1)C(c1cccc2c1)c1cccc3n1. The molecule has 0 saturated heterocycles. The summed E-state index contributed by atoms with van der Waals surface area (Å²) in [5.74, 6) is -0.650. The first-order chi connectivity index (χ1) is 20.2. The predicted octanol–water partition coefficient (Wildman–Crippen LogP) is 5.99. The Morgan fingerprint density at radius 3 is 0.951 bits per heavy atom. The van der Waals surface area contributed by atoms with E-state index in [0.717, 1.165) is 66.8 Å². The van der Waals surface area contributed by atoms with Crippen LogP contribution in [0.25, 0.3) is 0 Å². The van der Waals surface area contributed by atoms with E-state index in [2.05, 4.69) is 91.0 Å². The summed E-state index contributed by atoms with van der Waals surface area (Å²) < 4.78 is 15.8. The van der Waals surface area contributed by atoms with Crippen LogP contribution in [-0.2, 0) is 4.57 Å². The zero-order valence-corrected chi connectivity index (χ0v) is 22.9. The highest BCUT2D eigenvalue weighted by Gasteiger charge is 2.36. The van der Waals surface area contributed by atoms with E-state index in [-0.39, 0.29) is 17.8 Å². The van der Waals surface area contributed by atoms with Gasteiger partial charge in [-0.25, -0.2) is 0 Å². The third kappa shape index (κ3) is 3.29. The Kier molecular flexibility index (Phi) is 4.74. The quantitative estimate of drug-likeness (QED) is 0.220. The molecule has 0 radical (unpaired) electrons. The largest absolute Gasteiger partial charge is 0.309 e. The lowest BCUT2D eigenvalue weighted by Crippen LogP contribution is -2.28. The molecule has 7 heterocycles. The molecule has 6 aromatic rings. The van der Waals surface area contributed by atoms with Gasteiger partial charge in [-0.15, -0.1) is 0 Å². The Balaban J connectivity index is 1.57. The third-order valence-corrected chi connectivity index (χ3v) is 11.9. The van der Waals surface area contributed by atoms with Crippen molar-refractivity contribution in [2.24, 2.45) is 0 Å². The second-order valence-corrected chi connectivity index (χ2v) is 13.9. The Morgan fingerprint density at radius 2 is 0.659 bits per heavy atom. The van der Waals surface area contributed by atoms with Crippen LogP contribution >= 0.6 is 7.14 Å². The smallest absolute Gasteiger partial charge is 0.171 e. The molecule has 0 fully saturated rings. The van der Waals surface area contributed by atoms with Crippen molar-refractivity contribution < 1.29 is 4.57 Å². The minimum Gasteiger partial charge on any atom is -0.309 e. The molecule has 0 unspecified atom stereocenters. The number of hydrogen-bond acceptors (Lipinski definition) is 4. The summed E-state index contributed by atoms with van der Waals surface area (Å²) in [4.78, 5) is 16.0. The monoisotopic (exact) mass is 545 g/mol. The highest BCUT2D eigenvalue weighted by molar-refractivity contribution is 7.85. The fourth-order valence-electron chi connectivity index (χ4n) is 7.00. The van der Waals surface area contributed by atoms with Gasteiger partial charge >= 0.3 is 0 Å². The highest BCUT2D eigenvalue weighted by atomic mass is 31.2. The van der Waals surface area contributed by atoms with E-state index >= 15 is 4.57 Å². The van der Waals surface area contributed by atoms with Crippen LogP contribution in [0.3, 0.4) is 0 Å². The van der Waals surface area contributed by atoms with E-state index in [4.69, 9.17) is 15.0 Å². The molecule has 10 rings (SSSR count). The van der Waals surface area contributed by atoms with E-state index in [1.54, 1.807) is 0 Å². The fraction of sp³-hybridized carbons (Fsp3) is 0.0833. The van der Waals surface area contributed by atoms with Crippen molar-refractivity contribution in [1.82, 2.24) is 15.0 Å². The Hall–Kier alpha value is -4.66. The maximum absolute atomic E-state index is 15.8. The molecule has 3 aromatic heterocycles. The van der Waals surface area contributed by atoms with Crippen molar-refractivity contribution in [1.29, 1.82) is 0 Å². The summed E-state index contributed by atoms with van der Waals surface area (Å²) >= 11 is 0. The van der Waals surface area contributed by atoms with Crippen molar-refractivity contribution in [3.05, 3.63) is 178 Å². The van der Waals surface area contributed by atoms with E-state index < -0.39 is 7.14 Å². The number of rotatable bonds is 0. The van der Waals surface area contributed by atoms with Crippen LogP contribution in [0, 0.1) is 0 Å². The number of hydrogen-bond donors (Lipinski definition) is 0. The minimum atomic E-state index is -3.26. The lowest BCUT2D eigenvalue weighted by molar-refractivity contribution is 0.592. The molecule has 16 bridgehead atoms. The van der Waals surface area contributed by atoms with Crippen LogP contribution in [-0.4, -0.2) is 15.0 Å². The van der Waals surface area contributed by atoms with E-state index in [9.17, 15) is 0 Å². The first-order valence-electron chi connectivity index (χ1n) is 14.0. The molecule has 3 aromatic carbocycles. The van der Waals surface area contributed by atoms with Gasteiger partial charge in [0.15, 0.2) is 7.14 Å². The van der Waals surface area contributed by atoms with Crippen LogP contribution in [0.4, 0.5) is 0 Å². The fourth-order valence-corrected chi connectivity index (χ4v) is 9.77. The molecule has 0 atom stereocenters. The normalized spacial score (nSPS) is 22.6. The van der Waals surface area contributed by atoms with Gasteiger partial charge in [0.1, 0.15) is 0 Å². The van der Waals surface area contributed by atoms with E-state index in [0.29, 0.717) is 0 Å². The highest BCUT2D eigenvalue weighted by Crippen LogP contribution is 2.47. The molecule has 0 aliphatic carbocycles. The molecular weight excluding hydrogens is 521 g/mol. The lowest BCUT2D eigenvalue weighted by atomic mass is 9.86. The van der Waals surface area contributed by atoms with Crippen LogP contribution < -0.4 is 15.9 Å². The molecule has 4 aliphatic rings. The number of pyridine rings is 3. The number of benzene rings is 3. The average Bonchev–Trinajstić information content (AvgIpc) is 3.01. The predicted molar refractivity (Wildman–Crippen MR) is 161 cm³/mol. The van der Waals surface area contributed by atoms with Crippen molar-refractivity contribution in [2.75, 3.05) is 0 Å². The molecule has 0 spiro atoms. The summed E-state index contributed by atoms with van der Waals surface area (Å²) in [6.45, 7) is 0. The summed E-state index contributed by atoms with van der Waals surface area (Å²) in [6, 6.07) is 43.8. The van der Waals surface area contributed by atoms with Gasteiger partial charge < -0.3 is 4.57 Å². The van der Waals surface area contributed by atoms with Crippen molar-refractivity contribution in [3.63, 3.8) is 0 Å². The van der Waals surface area contributed by atoms with E-state index in [1.165, 1.54) is 0 Å². The van der Waals surface area contributed by atoms with Crippen LogP contribution in [0.2, 0.25) is 0 Å². The van der Waals surface area contributed by atoms with Crippen molar-refractivity contribution in [3.8, 4) is 0 Å². The molecule has 4 nitrogen and oxygen atoms in total. The molecule has 0 N–H and O–H groups in total. The Morgan fingerprint density at radius 1 is 0.390 bits per heavy atom. The van der Waals surface area contributed by atoms with Crippen LogP contribution in [0.5, 0.6) is 0 Å². The zero-order valence-electron chi connectivity index (χ0n) is 22.1. The zero-order chi connectivity index (χ0) is 27.1. The summed E-state index contributed by atoms with van der Waals surface area (Å²) in [5.41, 5.74) is 8.63. The number of nitrogens with zero attached hydrogens (tertiary/aromatic N) is 3. The summed E-state index contributed by atoms with van der Waals surface area (Å²) in [7, 11) is -3.26. The molecule has 194 valence electrons. The number of aromatic nitrogens is 3.